The summed E-state index contributed by atoms with van der Waals surface area (Å²) < 4.78 is 29.9. The first kappa shape index (κ1) is 15.1. The fourth-order valence-electron chi connectivity index (χ4n) is 7.92. The van der Waals surface area contributed by atoms with Crippen molar-refractivity contribution in [2.75, 3.05) is 6.18 Å². The van der Waals surface area contributed by atoms with Gasteiger partial charge in [0.2, 0.25) is 0 Å². The number of fused-ring (bicyclic) bond motifs is 6. The fourth-order valence-corrected chi connectivity index (χ4v) is 8.72. The van der Waals surface area contributed by atoms with Gasteiger partial charge in [-0.1, -0.05) is 19.4 Å². The predicted molar refractivity (Wildman–Crippen MR) is 107 cm³/mol. The summed E-state index contributed by atoms with van der Waals surface area (Å²) in [6.07, 6.45) is 7.26. The molecule has 3 saturated carbocycles. The minimum absolute atomic E-state index is 0.00614. The van der Waals surface area contributed by atoms with Crippen LogP contribution in [-0.2, 0) is 14.3 Å². The minimum atomic E-state index is -2.05. The standard InChI is InChI=1S/C23H32O3S/c1-21-8-4-15(24)12-14(21)13-18(27-3)20-16(21)5-9-22(2)17(20)6-10-23(22)11-7-19(25)26-23/h12,16-18,20H,4-11,13H2,1-3H3/t16-,17-,18+,20+,21-,22-,23+/m0/s1/i3D3. The highest BCUT2D eigenvalue weighted by molar-refractivity contribution is 7.99. The van der Waals surface area contributed by atoms with Crippen LogP contribution in [0.1, 0.15) is 75.7 Å². The molecule has 0 N–H and O–H groups in total. The van der Waals surface area contributed by atoms with Crippen molar-refractivity contribution < 1.29 is 18.4 Å². The zero-order chi connectivity index (χ0) is 21.5. The normalized spacial score (nSPS) is 53.6. The van der Waals surface area contributed by atoms with Crippen LogP contribution in [0, 0.1) is 28.6 Å². The Morgan fingerprint density at radius 1 is 1.11 bits per heavy atom. The molecule has 5 aliphatic rings. The van der Waals surface area contributed by atoms with E-state index in [4.69, 9.17) is 8.85 Å². The van der Waals surface area contributed by atoms with E-state index in [0.29, 0.717) is 37.0 Å². The second-order valence-electron chi connectivity index (χ2n) is 10.2. The summed E-state index contributed by atoms with van der Waals surface area (Å²) in [5, 5.41) is -0.00963. The van der Waals surface area contributed by atoms with Crippen molar-refractivity contribution in [3.63, 3.8) is 0 Å². The number of allylic oxidation sites excluding steroid dienone is 1. The number of esters is 1. The Hall–Kier alpha value is -0.770. The first-order valence-corrected chi connectivity index (χ1v) is 11.5. The van der Waals surface area contributed by atoms with E-state index in [1.54, 1.807) is 0 Å². The molecule has 1 heterocycles. The number of ketones is 1. The summed E-state index contributed by atoms with van der Waals surface area (Å²) in [5.41, 5.74) is 0.753. The minimum Gasteiger partial charge on any atom is -0.458 e. The number of carbonyl (C=O) groups excluding carboxylic acids is 2. The molecule has 0 amide bonds. The van der Waals surface area contributed by atoms with Crippen LogP contribution in [0.3, 0.4) is 0 Å². The topological polar surface area (TPSA) is 43.4 Å². The van der Waals surface area contributed by atoms with Gasteiger partial charge in [-0.05, 0) is 80.4 Å². The van der Waals surface area contributed by atoms with Crippen LogP contribution in [0.2, 0.25) is 0 Å². The highest BCUT2D eigenvalue weighted by Gasteiger charge is 2.68. The van der Waals surface area contributed by atoms with Crippen molar-refractivity contribution in [1.29, 1.82) is 0 Å². The second-order valence-corrected chi connectivity index (χ2v) is 11.0. The quantitative estimate of drug-likeness (QED) is 0.594. The number of hydrogen-bond donors (Lipinski definition) is 0. The van der Waals surface area contributed by atoms with E-state index in [0.717, 1.165) is 50.3 Å². The predicted octanol–water partition coefficient (Wildman–Crippen LogP) is 4.94. The molecule has 27 heavy (non-hydrogen) atoms. The molecule has 7 atom stereocenters. The van der Waals surface area contributed by atoms with Gasteiger partial charge in [0.25, 0.3) is 0 Å². The van der Waals surface area contributed by atoms with E-state index in [1.165, 1.54) is 5.57 Å². The molecular weight excluding hydrogens is 356 g/mol. The summed E-state index contributed by atoms with van der Waals surface area (Å²) >= 11 is 1.14. The zero-order valence-corrected chi connectivity index (χ0v) is 17.2. The maximum absolute atomic E-state index is 12.2. The van der Waals surface area contributed by atoms with Crippen LogP contribution in [0.25, 0.3) is 0 Å². The van der Waals surface area contributed by atoms with Crippen molar-refractivity contribution in [2.45, 2.75) is 82.5 Å². The summed E-state index contributed by atoms with van der Waals surface area (Å²) in [5.74, 6) is 1.19. The number of rotatable bonds is 1. The first-order valence-electron chi connectivity index (χ1n) is 12.1. The van der Waals surface area contributed by atoms with E-state index >= 15 is 0 Å². The number of thioether (sulfide) groups is 1. The number of carbonyl (C=O) groups is 2. The van der Waals surface area contributed by atoms with E-state index in [1.807, 2.05) is 6.08 Å². The van der Waals surface area contributed by atoms with Gasteiger partial charge in [-0.3, -0.25) is 9.59 Å². The third kappa shape index (κ3) is 2.28. The Bertz CT molecular complexity index is 823. The summed E-state index contributed by atoms with van der Waals surface area (Å²) in [7, 11) is 0. The van der Waals surface area contributed by atoms with E-state index < -0.39 is 6.18 Å². The van der Waals surface area contributed by atoms with Crippen molar-refractivity contribution in [1.82, 2.24) is 0 Å². The fraction of sp³-hybridized carbons (Fsp3) is 0.826. The Morgan fingerprint density at radius 2 is 1.93 bits per heavy atom. The van der Waals surface area contributed by atoms with Gasteiger partial charge in [0.1, 0.15) is 5.60 Å². The maximum Gasteiger partial charge on any atom is 0.306 e. The smallest absolute Gasteiger partial charge is 0.306 e. The molecule has 4 aliphatic carbocycles. The van der Waals surface area contributed by atoms with Crippen molar-refractivity contribution in [3.05, 3.63) is 11.6 Å². The molecule has 3 nitrogen and oxygen atoms in total. The van der Waals surface area contributed by atoms with Crippen LogP contribution in [0.4, 0.5) is 0 Å². The first-order chi connectivity index (χ1) is 14.0. The second kappa shape index (κ2) is 5.87. The van der Waals surface area contributed by atoms with Crippen LogP contribution in [0.5, 0.6) is 0 Å². The van der Waals surface area contributed by atoms with Gasteiger partial charge >= 0.3 is 5.97 Å². The van der Waals surface area contributed by atoms with E-state index in [2.05, 4.69) is 13.8 Å². The van der Waals surface area contributed by atoms with Crippen LogP contribution < -0.4 is 0 Å². The molecule has 148 valence electrons. The zero-order valence-electron chi connectivity index (χ0n) is 19.4. The molecular formula is C23H32O3S. The Kier molecular flexibility index (Phi) is 3.29. The maximum atomic E-state index is 12.2. The monoisotopic (exact) mass is 391 g/mol. The van der Waals surface area contributed by atoms with E-state index in [9.17, 15) is 9.59 Å². The Labute approximate surface area is 171 Å². The molecule has 0 aromatic rings. The molecule has 1 saturated heterocycles. The highest BCUT2D eigenvalue weighted by Crippen LogP contribution is 2.70. The molecule has 0 aromatic carbocycles. The Balaban J connectivity index is 1.56. The Morgan fingerprint density at radius 3 is 2.67 bits per heavy atom. The third-order valence-electron chi connectivity index (χ3n) is 9.44. The molecule has 5 rings (SSSR count). The highest BCUT2D eigenvalue weighted by atomic mass is 32.2. The summed E-state index contributed by atoms with van der Waals surface area (Å²) in [6, 6.07) is 0. The van der Waals surface area contributed by atoms with E-state index in [-0.39, 0.29) is 33.4 Å². The average molecular weight is 392 g/mol. The molecule has 4 heteroatoms. The lowest BCUT2D eigenvalue weighted by Crippen LogP contribution is -2.57. The van der Waals surface area contributed by atoms with Gasteiger partial charge in [-0.2, -0.15) is 11.8 Å². The lowest BCUT2D eigenvalue weighted by Gasteiger charge is -2.61. The molecule has 4 fully saturated rings. The molecule has 0 radical (unpaired) electrons. The lowest BCUT2D eigenvalue weighted by atomic mass is 9.46. The van der Waals surface area contributed by atoms with Crippen molar-refractivity contribution >= 4 is 23.5 Å². The molecule has 0 unspecified atom stereocenters. The number of ether oxygens (including phenoxy) is 1. The SMILES string of the molecule is [2H]C([2H])([2H])S[C@@H]1CC2=CC(=O)CC[C@]2(C)[C@H]2CC[C@@]3(C)[C@@H](CC[C@@]34CCC(=O)O4)[C@H]12. The van der Waals surface area contributed by atoms with Gasteiger partial charge in [-0.15, -0.1) is 0 Å². The summed E-state index contributed by atoms with van der Waals surface area (Å²) in [6.45, 7) is 4.64. The average Bonchev–Trinajstić information content (AvgIpc) is 3.16. The van der Waals surface area contributed by atoms with Crippen molar-refractivity contribution in [3.8, 4) is 0 Å². The van der Waals surface area contributed by atoms with Crippen LogP contribution in [0.15, 0.2) is 11.6 Å². The van der Waals surface area contributed by atoms with Crippen LogP contribution in [-0.4, -0.2) is 28.8 Å². The van der Waals surface area contributed by atoms with Gasteiger partial charge in [0, 0.05) is 27.6 Å². The lowest BCUT2D eigenvalue weighted by molar-refractivity contribution is -0.167. The van der Waals surface area contributed by atoms with Gasteiger partial charge < -0.3 is 4.74 Å². The van der Waals surface area contributed by atoms with Crippen molar-refractivity contribution in [2.24, 2.45) is 28.6 Å². The van der Waals surface area contributed by atoms with Gasteiger partial charge in [0.05, 0.1) is 0 Å². The largest absolute Gasteiger partial charge is 0.458 e. The molecule has 1 aliphatic heterocycles. The number of hydrogen-bond acceptors (Lipinski definition) is 4. The third-order valence-corrected chi connectivity index (χ3v) is 10.2. The van der Waals surface area contributed by atoms with Gasteiger partial charge in [-0.25, -0.2) is 0 Å². The summed E-state index contributed by atoms with van der Waals surface area (Å²) in [4.78, 5) is 24.3. The molecule has 0 aromatic heterocycles. The van der Waals surface area contributed by atoms with Crippen LogP contribution >= 0.6 is 11.8 Å². The molecule has 0 bridgehead atoms. The molecule has 1 spiro atoms. The van der Waals surface area contributed by atoms with Gasteiger partial charge in [0.15, 0.2) is 5.78 Å².